The molecule has 7 heteroatoms. The molecule has 3 saturated carbocycles. The van der Waals surface area contributed by atoms with Crippen LogP contribution in [-0.2, 0) is 10.0 Å². The average Bonchev–Trinajstić information content (AvgIpc) is 3.28. The van der Waals surface area contributed by atoms with E-state index in [-0.39, 0.29) is 27.7 Å². The molecule has 0 aromatic heterocycles. The third kappa shape index (κ3) is 4.30. The van der Waals surface area contributed by atoms with Gasteiger partial charge in [0.05, 0.1) is 11.0 Å². The van der Waals surface area contributed by atoms with Crippen LogP contribution in [0.2, 0.25) is 0 Å². The van der Waals surface area contributed by atoms with E-state index in [1.165, 1.54) is 18.4 Å². The maximum atomic E-state index is 13.5. The van der Waals surface area contributed by atoms with Gasteiger partial charge >= 0.3 is 0 Å². The molecular formula is C33H45N3O3S. The van der Waals surface area contributed by atoms with Crippen molar-refractivity contribution in [2.45, 2.75) is 83.1 Å². The minimum absolute atomic E-state index is 0.135. The number of hydrogen-bond donors (Lipinski definition) is 2. The molecule has 0 spiro atoms. The number of hydrogen-bond acceptors (Lipinski definition) is 5. The molecule has 3 fully saturated rings. The molecule has 0 radical (unpaired) electrons. The summed E-state index contributed by atoms with van der Waals surface area (Å²) in [6.07, 6.45) is 10.9. The standard InChI is InChI=1S/C33H45N3O3S/c1-21(34-35-40(38,39)31-11-7-8-24-25(31)9-6-10-30(24)36(4)5)27-14-15-28-26-13-12-22-20-23(37)16-18-32(22,2)29(26)17-19-33(27,28)3/h6-12,23,26-29,35,37H,13-20H2,1-5H3/b34-21+/t23-,26-,27+,28-,29-,32-,33+/m0/s1. The molecule has 0 aliphatic heterocycles. The molecule has 4 aliphatic carbocycles. The number of aliphatic hydroxyl groups excluding tert-OH is 1. The summed E-state index contributed by atoms with van der Waals surface area (Å²) in [6.45, 7) is 6.93. The van der Waals surface area contributed by atoms with Gasteiger partial charge in [0.2, 0.25) is 0 Å². The first-order chi connectivity index (χ1) is 19.0. The van der Waals surface area contributed by atoms with E-state index < -0.39 is 10.0 Å². The fourth-order valence-electron chi connectivity index (χ4n) is 9.48. The van der Waals surface area contributed by atoms with Crippen molar-refractivity contribution in [3.05, 3.63) is 48.0 Å². The van der Waals surface area contributed by atoms with Crippen LogP contribution in [0.15, 0.2) is 58.0 Å². The Hall–Kier alpha value is -2.38. The molecule has 7 atom stereocenters. The Kier molecular flexibility index (Phi) is 6.85. The van der Waals surface area contributed by atoms with E-state index in [0.717, 1.165) is 55.3 Å². The summed E-state index contributed by atoms with van der Waals surface area (Å²) in [4.78, 5) is 4.88. The Morgan fingerprint density at radius 2 is 1.75 bits per heavy atom. The number of sulfonamides is 1. The van der Waals surface area contributed by atoms with Crippen LogP contribution in [-0.4, -0.2) is 39.4 Å². The smallest absolute Gasteiger partial charge is 0.277 e. The molecule has 0 saturated heterocycles. The topological polar surface area (TPSA) is 82.0 Å². The lowest BCUT2D eigenvalue weighted by Crippen LogP contribution is -2.51. The zero-order chi connectivity index (χ0) is 28.4. The lowest BCUT2D eigenvalue weighted by Gasteiger charge is -2.58. The summed E-state index contributed by atoms with van der Waals surface area (Å²) in [6, 6.07) is 11.2. The molecule has 0 bridgehead atoms. The van der Waals surface area contributed by atoms with Gasteiger partial charge in [-0.2, -0.15) is 13.5 Å². The molecule has 0 amide bonds. The van der Waals surface area contributed by atoms with Crippen LogP contribution < -0.4 is 9.73 Å². The highest BCUT2D eigenvalue weighted by Crippen LogP contribution is 2.66. The van der Waals surface area contributed by atoms with Gasteiger partial charge in [-0.3, -0.25) is 0 Å². The van der Waals surface area contributed by atoms with E-state index in [1.807, 2.05) is 50.2 Å². The molecule has 216 valence electrons. The maximum absolute atomic E-state index is 13.5. The monoisotopic (exact) mass is 563 g/mol. The highest BCUT2D eigenvalue weighted by atomic mass is 32.2. The van der Waals surface area contributed by atoms with Gasteiger partial charge in [0.25, 0.3) is 10.0 Å². The Morgan fingerprint density at radius 3 is 2.52 bits per heavy atom. The van der Waals surface area contributed by atoms with Crippen molar-refractivity contribution in [2.75, 3.05) is 19.0 Å². The highest BCUT2D eigenvalue weighted by molar-refractivity contribution is 7.89. The quantitative estimate of drug-likeness (QED) is 0.247. The number of nitrogens with one attached hydrogen (secondary N) is 1. The molecule has 0 heterocycles. The van der Waals surface area contributed by atoms with Crippen LogP contribution in [0.1, 0.15) is 72.1 Å². The van der Waals surface area contributed by atoms with Crippen molar-refractivity contribution in [1.29, 1.82) is 0 Å². The Morgan fingerprint density at radius 1 is 1.00 bits per heavy atom. The minimum atomic E-state index is -3.83. The number of hydrazone groups is 1. The van der Waals surface area contributed by atoms with Gasteiger partial charge in [-0.05, 0) is 99.0 Å². The number of aliphatic hydroxyl groups is 1. The SMILES string of the molecule is C/C(=N\NS(=O)(=O)c1cccc2c(N(C)C)cccc12)[C@H]1CC[C@H]2[C@@H]3CC=C4C[C@@H](O)CC[C@]4(C)[C@H]3CC[C@]12C. The van der Waals surface area contributed by atoms with Gasteiger partial charge in [0.1, 0.15) is 0 Å². The zero-order valence-electron chi connectivity index (χ0n) is 24.7. The zero-order valence-corrected chi connectivity index (χ0v) is 25.5. The van der Waals surface area contributed by atoms with E-state index >= 15 is 0 Å². The Bertz CT molecular complexity index is 1480. The number of benzene rings is 2. The second-order valence-electron chi connectivity index (χ2n) is 13.7. The first-order valence-electron chi connectivity index (χ1n) is 15.1. The Labute approximate surface area is 240 Å². The van der Waals surface area contributed by atoms with Gasteiger partial charge in [-0.1, -0.05) is 49.8 Å². The number of nitrogens with zero attached hydrogens (tertiary/aromatic N) is 2. The summed E-state index contributed by atoms with van der Waals surface area (Å²) in [5.74, 6) is 2.26. The minimum Gasteiger partial charge on any atom is -0.393 e. The first-order valence-corrected chi connectivity index (χ1v) is 16.6. The van der Waals surface area contributed by atoms with Crippen LogP contribution in [0.4, 0.5) is 5.69 Å². The van der Waals surface area contributed by atoms with Crippen molar-refractivity contribution in [2.24, 2.45) is 39.6 Å². The van der Waals surface area contributed by atoms with E-state index in [0.29, 0.717) is 23.1 Å². The van der Waals surface area contributed by atoms with Crippen LogP contribution in [0.25, 0.3) is 10.8 Å². The second kappa shape index (κ2) is 9.87. The van der Waals surface area contributed by atoms with E-state index in [2.05, 4.69) is 29.9 Å². The number of fused-ring (bicyclic) bond motifs is 6. The van der Waals surface area contributed by atoms with Gasteiger partial charge in [0, 0.05) is 42.2 Å². The first kappa shape index (κ1) is 27.8. The molecule has 2 N–H and O–H groups in total. The lowest BCUT2D eigenvalue weighted by molar-refractivity contribution is -0.0423. The fourth-order valence-corrected chi connectivity index (χ4v) is 10.6. The molecule has 6 rings (SSSR count). The highest BCUT2D eigenvalue weighted by Gasteiger charge is 2.59. The molecule has 4 aliphatic rings. The van der Waals surface area contributed by atoms with Crippen molar-refractivity contribution in [1.82, 2.24) is 4.83 Å². The van der Waals surface area contributed by atoms with Crippen molar-refractivity contribution >= 4 is 32.2 Å². The summed E-state index contributed by atoms with van der Waals surface area (Å²) >= 11 is 0. The van der Waals surface area contributed by atoms with Gasteiger partial charge < -0.3 is 10.0 Å². The third-order valence-electron chi connectivity index (χ3n) is 11.6. The number of rotatable bonds is 5. The predicted molar refractivity (Wildman–Crippen MR) is 163 cm³/mol. The number of anilines is 1. The Balaban J connectivity index is 1.24. The third-order valence-corrected chi connectivity index (χ3v) is 12.8. The number of allylic oxidation sites excluding steroid dienone is 1. The molecular weight excluding hydrogens is 518 g/mol. The van der Waals surface area contributed by atoms with Crippen molar-refractivity contribution in [3.63, 3.8) is 0 Å². The summed E-state index contributed by atoms with van der Waals surface area (Å²) in [5.41, 5.74) is 3.75. The van der Waals surface area contributed by atoms with Crippen molar-refractivity contribution in [3.8, 4) is 0 Å². The lowest BCUT2D eigenvalue weighted by atomic mass is 9.47. The summed E-state index contributed by atoms with van der Waals surface area (Å²) in [7, 11) is 0.0986. The van der Waals surface area contributed by atoms with Crippen LogP contribution in [0.5, 0.6) is 0 Å². The van der Waals surface area contributed by atoms with Gasteiger partial charge in [-0.15, -0.1) is 0 Å². The van der Waals surface area contributed by atoms with E-state index in [1.54, 1.807) is 12.1 Å². The molecule has 2 aromatic carbocycles. The summed E-state index contributed by atoms with van der Waals surface area (Å²) in [5, 5.41) is 16.5. The van der Waals surface area contributed by atoms with Gasteiger partial charge in [-0.25, -0.2) is 4.83 Å². The van der Waals surface area contributed by atoms with Gasteiger partial charge in [0.15, 0.2) is 0 Å². The predicted octanol–water partition coefficient (Wildman–Crippen LogP) is 6.50. The second-order valence-corrected chi connectivity index (χ2v) is 15.3. The molecule has 0 unspecified atom stereocenters. The fraction of sp³-hybridized carbons (Fsp3) is 0.606. The maximum Gasteiger partial charge on any atom is 0.277 e. The van der Waals surface area contributed by atoms with E-state index in [9.17, 15) is 13.5 Å². The van der Waals surface area contributed by atoms with Crippen molar-refractivity contribution < 1.29 is 13.5 Å². The summed E-state index contributed by atoms with van der Waals surface area (Å²) < 4.78 is 27.1. The largest absolute Gasteiger partial charge is 0.393 e. The van der Waals surface area contributed by atoms with Crippen LogP contribution in [0, 0.1) is 34.5 Å². The average molecular weight is 564 g/mol. The normalized spacial score (nSPS) is 35.9. The van der Waals surface area contributed by atoms with Crippen LogP contribution in [0.3, 0.4) is 0 Å². The van der Waals surface area contributed by atoms with Crippen LogP contribution >= 0.6 is 0 Å². The van der Waals surface area contributed by atoms with E-state index in [4.69, 9.17) is 0 Å². The molecule has 40 heavy (non-hydrogen) atoms. The molecule has 2 aromatic rings. The molecule has 6 nitrogen and oxygen atoms in total.